The standard InChI is InChI=1S/C30H36N4O4/c1-18(2)7-6-8-19(3)31-27(35)20-9-11-21(12-10-20)34-28(36)30(4)26-23(15-16-33(30)29(34)37)24-17-22(38-5)13-14-25(24)32-26/h9-14,17-19,32H,6-8,15-16H2,1-5H3,(H,31,35). The van der Waals surface area contributed by atoms with E-state index in [-0.39, 0.29) is 23.9 Å². The van der Waals surface area contributed by atoms with Crippen LogP contribution in [0.15, 0.2) is 42.5 Å². The van der Waals surface area contributed by atoms with E-state index < -0.39 is 5.54 Å². The van der Waals surface area contributed by atoms with E-state index in [0.29, 0.717) is 30.1 Å². The first-order valence-corrected chi connectivity index (χ1v) is 13.4. The zero-order chi connectivity index (χ0) is 27.2. The second kappa shape index (κ2) is 9.82. The Balaban J connectivity index is 1.37. The molecule has 3 aromatic rings. The predicted molar refractivity (Wildman–Crippen MR) is 148 cm³/mol. The molecular formula is C30H36N4O4. The van der Waals surface area contributed by atoms with Crippen molar-refractivity contribution in [1.29, 1.82) is 0 Å². The van der Waals surface area contributed by atoms with Crippen LogP contribution in [0.5, 0.6) is 5.75 Å². The van der Waals surface area contributed by atoms with Gasteiger partial charge in [0.2, 0.25) is 0 Å². The number of carbonyl (C=O) groups is 3. The molecule has 8 nitrogen and oxygen atoms in total. The molecule has 4 amide bonds. The maximum absolute atomic E-state index is 13.9. The highest BCUT2D eigenvalue weighted by molar-refractivity contribution is 6.23. The highest BCUT2D eigenvalue weighted by atomic mass is 16.5. The van der Waals surface area contributed by atoms with Gasteiger partial charge in [0.15, 0.2) is 5.54 Å². The number of anilines is 1. The number of benzene rings is 2. The third-order valence-corrected chi connectivity index (χ3v) is 7.95. The van der Waals surface area contributed by atoms with Gasteiger partial charge in [0, 0.05) is 29.1 Å². The molecule has 2 aliphatic heterocycles. The van der Waals surface area contributed by atoms with Crippen LogP contribution < -0.4 is 15.0 Å². The lowest BCUT2D eigenvalue weighted by Crippen LogP contribution is -2.49. The topological polar surface area (TPSA) is 94.7 Å². The Bertz CT molecular complexity index is 1390. The monoisotopic (exact) mass is 516 g/mol. The molecule has 200 valence electrons. The number of ether oxygens (including phenoxy) is 1. The highest BCUT2D eigenvalue weighted by Crippen LogP contribution is 2.45. The summed E-state index contributed by atoms with van der Waals surface area (Å²) in [4.78, 5) is 46.4. The fourth-order valence-corrected chi connectivity index (χ4v) is 5.75. The maximum atomic E-state index is 13.9. The Morgan fingerprint density at radius 3 is 2.53 bits per heavy atom. The van der Waals surface area contributed by atoms with E-state index in [2.05, 4.69) is 24.1 Å². The molecular weight excluding hydrogens is 480 g/mol. The number of fused-ring (bicyclic) bond motifs is 5. The number of rotatable bonds is 8. The Morgan fingerprint density at radius 2 is 1.84 bits per heavy atom. The van der Waals surface area contributed by atoms with E-state index in [1.165, 1.54) is 4.90 Å². The van der Waals surface area contributed by atoms with Gasteiger partial charge in [-0.25, -0.2) is 9.69 Å². The molecule has 0 spiro atoms. The number of aromatic amines is 1. The summed E-state index contributed by atoms with van der Waals surface area (Å²) in [6.45, 7) is 8.65. The summed E-state index contributed by atoms with van der Waals surface area (Å²) >= 11 is 0. The fraction of sp³-hybridized carbons (Fsp3) is 0.433. The van der Waals surface area contributed by atoms with E-state index in [1.807, 2.05) is 25.1 Å². The SMILES string of the molecule is COc1ccc2[nH]c3c(c2c1)CCN1C(=O)N(c2ccc(C(=O)NC(C)CCCC(C)C)cc2)C(=O)C31C. The van der Waals surface area contributed by atoms with Gasteiger partial charge in [-0.05, 0) is 80.6 Å². The Morgan fingerprint density at radius 1 is 1.11 bits per heavy atom. The summed E-state index contributed by atoms with van der Waals surface area (Å²) < 4.78 is 5.40. The van der Waals surface area contributed by atoms with Gasteiger partial charge < -0.3 is 19.9 Å². The van der Waals surface area contributed by atoms with Crippen LogP contribution in [-0.4, -0.2) is 47.4 Å². The van der Waals surface area contributed by atoms with Crippen molar-refractivity contribution in [1.82, 2.24) is 15.2 Å². The van der Waals surface area contributed by atoms with Crippen molar-refractivity contribution in [2.75, 3.05) is 18.6 Å². The Hall–Kier alpha value is -3.81. The quantitative estimate of drug-likeness (QED) is 0.394. The molecule has 2 aliphatic rings. The second-order valence-electron chi connectivity index (χ2n) is 11.0. The maximum Gasteiger partial charge on any atom is 0.332 e. The third kappa shape index (κ3) is 4.22. The average molecular weight is 517 g/mol. The van der Waals surface area contributed by atoms with Crippen molar-refractivity contribution in [3.63, 3.8) is 0 Å². The minimum Gasteiger partial charge on any atom is -0.497 e. The van der Waals surface area contributed by atoms with Gasteiger partial charge >= 0.3 is 6.03 Å². The molecule has 2 atom stereocenters. The number of nitrogens with one attached hydrogen (secondary N) is 2. The number of carbonyl (C=O) groups excluding carboxylic acids is 3. The third-order valence-electron chi connectivity index (χ3n) is 7.95. The highest BCUT2D eigenvalue weighted by Gasteiger charge is 2.59. The van der Waals surface area contributed by atoms with Crippen LogP contribution in [0, 0.1) is 5.92 Å². The van der Waals surface area contributed by atoms with Crippen LogP contribution in [0.25, 0.3) is 10.9 Å². The largest absolute Gasteiger partial charge is 0.497 e. The zero-order valence-electron chi connectivity index (χ0n) is 22.8. The molecule has 5 rings (SSSR count). The number of urea groups is 1. The lowest BCUT2D eigenvalue weighted by atomic mass is 9.87. The van der Waals surface area contributed by atoms with Gasteiger partial charge in [-0.15, -0.1) is 0 Å². The molecule has 0 radical (unpaired) electrons. The van der Waals surface area contributed by atoms with E-state index in [1.54, 1.807) is 43.2 Å². The van der Waals surface area contributed by atoms with Gasteiger partial charge in [0.1, 0.15) is 5.75 Å². The lowest BCUT2D eigenvalue weighted by molar-refractivity contribution is -0.125. The Labute approximate surface area is 223 Å². The molecule has 2 aromatic carbocycles. The first kappa shape index (κ1) is 25.8. The second-order valence-corrected chi connectivity index (χ2v) is 11.0. The molecule has 1 fully saturated rings. The molecule has 0 saturated carbocycles. The van der Waals surface area contributed by atoms with E-state index in [4.69, 9.17) is 4.74 Å². The summed E-state index contributed by atoms with van der Waals surface area (Å²) in [5.41, 5.74) is 2.51. The Kier molecular flexibility index (Phi) is 6.67. The van der Waals surface area contributed by atoms with E-state index in [9.17, 15) is 14.4 Å². The number of amides is 4. The zero-order valence-corrected chi connectivity index (χ0v) is 22.8. The number of hydrogen-bond donors (Lipinski definition) is 2. The van der Waals surface area contributed by atoms with Crippen LogP contribution >= 0.6 is 0 Å². The summed E-state index contributed by atoms with van der Waals surface area (Å²) in [5, 5.41) is 4.05. The molecule has 38 heavy (non-hydrogen) atoms. The number of hydrogen-bond acceptors (Lipinski definition) is 4. The lowest BCUT2D eigenvalue weighted by Gasteiger charge is -2.35. The van der Waals surface area contributed by atoms with Crippen molar-refractivity contribution in [2.24, 2.45) is 5.92 Å². The van der Waals surface area contributed by atoms with Crippen molar-refractivity contribution in [3.8, 4) is 5.75 Å². The number of methoxy groups -OCH3 is 1. The van der Waals surface area contributed by atoms with Gasteiger partial charge in [-0.1, -0.05) is 26.7 Å². The minimum absolute atomic E-state index is 0.0732. The van der Waals surface area contributed by atoms with Crippen molar-refractivity contribution >= 4 is 34.4 Å². The summed E-state index contributed by atoms with van der Waals surface area (Å²) in [6, 6.07) is 12.2. The molecule has 2 unspecified atom stereocenters. The van der Waals surface area contributed by atoms with Crippen LogP contribution in [-0.2, 0) is 16.8 Å². The predicted octanol–water partition coefficient (Wildman–Crippen LogP) is 5.36. The van der Waals surface area contributed by atoms with Crippen molar-refractivity contribution in [2.45, 2.75) is 65.0 Å². The molecule has 2 N–H and O–H groups in total. The first-order chi connectivity index (χ1) is 18.1. The van der Waals surface area contributed by atoms with Crippen LogP contribution in [0.1, 0.15) is 68.6 Å². The smallest absolute Gasteiger partial charge is 0.332 e. The summed E-state index contributed by atoms with van der Waals surface area (Å²) in [6.07, 6.45) is 3.77. The van der Waals surface area contributed by atoms with Crippen molar-refractivity contribution < 1.29 is 19.1 Å². The number of imide groups is 1. The van der Waals surface area contributed by atoms with Gasteiger partial charge in [0.05, 0.1) is 18.5 Å². The molecule has 8 heteroatoms. The fourth-order valence-electron chi connectivity index (χ4n) is 5.75. The van der Waals surface area contributed by atoms with E-state index >= 15 is 0 Å². The van der Waals surface area contributed by atoms with Gasteiger partial charge in [-0.3, -0.25) is 9.59 Å². The molecule has 0 aliphatic carbocycles. The minimum atomic E-state index is -1.14. The normalized spacial score (nSPS) is 19.6. The molecule has 1 aromatic heterocycles. The van der Waals surface area contributed by atoms with E-state index in [0.717, 1.165) is 47.2 Å². The van der Waals surface area contributed by atoms with Crippen LogP contribution in [0.3, 0.4) is 0 Å². The number of nitrogens with zero attached hydrogens (tertiary/aromatic N) is 2. The van der Waals surface area contributed by atoms with Crippen LogP contribution in [0.4, 0.5) is 10.5 Å². The van der Waals surface area contributed by atoms with Crippen LogP contribution in [0.2, 0.25) is 0 Å². The molecule has 3 heterocycles. The van der Waals surface area contributed by atoms with Gasteiger partial charge in [-0.2, -0.15) is 0 Å². The summed E-state index contributed by atoms with van der Waals surface area (Å²) in [5.74, 6) is 0.930. The number of H-pyrrole nitrogens is 1. The van der Waals surface area contributed by atoms with Crippen molar-refractivity contribution in [3.05, 3.63) is 59.3 Å². The van der Waals surface area contributed by atoms with Gasteiger partial charge in [0.25, 0.3) is 11.8 Å². The summed E-state index contributed by atoms with van der Waals surface area (Å²) in [7, 11) is 1.63. The molecule has 0 bridgehead atoms. The first-order valence-electron chi connectivity index (χ1n) is 13.4. The molecule has 1 saturated heterocycles. The average Bonchev–Trinajstić information content (AvgIpc) is 3.36. The number of aromatic nitrogens is 1.